The minimum absolute atomic E-state index is 0.126. The molecule has 0 aromatic carbocycles. The summed E-state index contributed by atoms with van der Waals surface area (Å²) in [6, 6.07) is 0. The van der Waals surface area contributed by atoms with Crippen molar-refractivity contribution in [1.82, 2.24) is 0 Å². The number of aliphatic hydroxyl groups excluding tert-OH is 1. The zero-order valence-corrected chi connectivity index (χ0v) is 16.5. The summed E-state index contributed by atoms with van der Waals surface area (Å²) in [6.45, 7) is 11.1. The molecular formula is C20H32NO5+. The topological polar surface area (TPSA) is 72.8 Å². The van der Waals surface area contributed by atoms with Gasteiger partial charge in [-0.2, -0.15) is 0 Å². The van der Waals surface area contributed by atoms with Crippen molar-refractivity contribution in [3.63, 3.8) is 0 Å². The number of ether oxygens (including phenoxy) is 2. The minimum Gasteiger partial charge on any atom is -0.462 e. The molecule has 0 spiro atoms. The minimum atomic E-state index is -0.836. The van der Waals surface area contributed by atoms with Crippen LogP contribution < -0.4 is 0 Å². The molecule has 0 saturated carbocycles. The number of likely N-dealkylation sites (N-methyl/N-ethyl adjacent to an activating group) is 1. The molecule has 2 atom stereocenters. The normalized spacial score (nSPS) is 14.6. The fourth-order valence-corrected chi connectivity index (χ4v) is 2.08. The third-order valence-electron chi connectivity index (χ3n) is 3.35. The summed E-state index contributed by atoms with van der Waals surface area (Å²) in [5.41, 5.74) is 0.489. The number of esters is 2. The summed E-state index contributed by atoms with van der Waals surface area (Å²) in [7, 11) is 5.44. The van der Waals surface area contributed by atoms with Gasteiger partial charge in [0, 0.05) is 5.57 Å². The first kappa shape index (κ1) is 23.8. The molecule has 0 aromatic rings. The van der Waals surface area contributed by atoms with E-state index in [9.17, 15) is 14.7 Å². The summed E-state index contributed by atoms with van der Waals surface area (Å²) >= 11 is 0. The predicted octanol–water partition coefficient (Wildman–Crippen LogP) is 2.51. The average molecular weight is 366 g/mol. The van der Waals surface area contributed by atoms with Crippen molar-refractivity contribution in [2.45, 2.75) is 39.0 Å². The van der Waals surface area contributed by atoms with E-state index in [1.54, 1.807) is 31.2 Å². The van der Waals surface area contributed by atoms with E-state index in [0.29, 0.717) is 12.2 Å². The molecule has 0 saturated heterocycles. The van der Waals surface area contributed by atoms with Gasteiger partial charge in [-0.3, -0.25) is 4.48 Å². The number of rotatable bonds is 11. The SMILES string of the molecule is C=CC=CC(=CCC(=C)C(=O)OC(C(C)O)[N+](C)(C)C)C(=O)OCCC. The number of allylic oxidation sites excluding steroid dienone is 3. The van der Waals surface area contributed by atoms with Crippen LogP contribution in [0.2, 0.25) is 0 Å². The van der Waals surface area contributed by atoms with Gasteiger partial charge < -0.3 is 14.6 Å². The van der Waals surface area contributed by atoms with E-state index in [1.165, 1.54) is 0 Å². The lowest BCUT2D eigenvalue weighted by molar-refractivity contribution is -0.920. The Hall–Kier alpha value is -2.18. The van der Waals surface area contributed by atoms with Gasteiger partial charge in [-0.25, -0.2) is 9.59 Å². The van der Waals surface area contributed by atoms with Crippen LogP contribution in [0.15, 0.2) is 48.6 Å². The van der Waals surface area contributed by atoms with Crippen molar-refractivity contribution in [3.8, 4) is 0 Å². The van der Waals surface area contributed by atoms with Crippen LogP contribution in [0.1, 0.15) is 26.7 Å². The molecule has 0 amide bonds. The number of quaternary nitrogens is 1. The van der Waals surface area contributed by atoms with Gasteiger partial charge in [-0.15, -0.1) is 0 Å². The number of carbonyl (C=O) groups excluding carboxylic acids is 2. The molecule has 0 aliphatic carbocycles. The highest BCUT2D eigenvalue weighted by Gasteiger charge is 2.33. The zero-order chi connectivity index (χ0) is 20.3. The Labute approximate surface area is 156 Å². The summed E-state index contributed by atoms with van der Waals surface area (Å²) in [5.74, 6) is -1.09. The predicted molar refractivity (Wildman–Crippen MR) is 102 cm³/mol. The fraction of sp³-hybridized carbons (Fsp3) is 0.500. The molecule has 1 N–H and O–H groups in total. The number of nitrogens with zero attached hydrogens (tertiary/aromatic N) is 1. The molecule has 0 aliphatic rings. The highest BCUT2D eigenvalue weighted by Crippen LogP contribution is 2.15. The molecule has 0 bridgehead atoms. The average Bonchev–Trinajstić information content (AvgIpc) is 2.55. The van der Waals surface area contributed by atoms with Gasteiger partial charge in [0.15, 0.2) is 0 Å². The number of carbonyl (C=O) groups is 2. The van der Waals surface area contributed by atoms with Crippen LogP contribution in [0, 0.1) is 0 Å². The molecule has 6 heteroatoms. The Bertz CT molecular complexity index is 567. The second-order valence-corrected chi connectivity index (χ2v) is 6.85. The summed E-state index contributed by atoms with van der Waals surface area (Å²) in [4.78, 5) is 24.3. The van der Waals surface area contributed by atoms with E-state index in [0.717, 1.165) is 6.42 Å². The highest BCUT2D eigenvalue weighted by atomic mass is 16.6. The van der Waals surface area contributed by atoms with Gasteiger partial charge in [-0.05, 0) is 25.8 Å². The quantitative estimate of drug-likeness (QED) is 0.200. The Kier molecular flexibility index (Phi) is 10.5. The first-order valence-electron chi connectivity index (χ1n) is 8.58. The maximum absolute atomic E-state index is 12.3. The molecule has 0 fully saturated rings. The lowest BCUT2D eigenvalue weighted by Gasteiger charge is -2.34. The van der Waals surface area contributed by atoms with Crippen molar-refractivity contribution in [3.05, 3.63) is 48.6 Å². The van der Waals surface area contributed by atoms with Crippen LogP contribution in [0.4, 0.5) is 0 Å². The van der Waals surface area contributed by atoms with Crippen molar-refractivity contribution in [2.24, 2.45) is 0 Å². The van der Waals surface area contributed by atoms with E-state index in [2.05, 4.69) is 13.2 Å². The van der Waals surface area contributed by atoms with Gasteiger partial charge in [0.05, 0.1) is 33.3 Å². The van der Waals surface area contributed by atoms with Crippen LogP contribution in [0.25, 0.3) is 0 Å². The van der Waals surface area contributed by atoms with Crippen molar-refractivity contribution < 1.29 is 28.7 Å². The van der Waals surface area contributed by atoms with Crippen LogP contribution in [0.3, 0.4) is 0 Å². The molecular weight excluding hydrogens is 334 g/mol. The van der Waals surface area contributed by atoms with Gasteiger partial charge in [-0.1, -0.05) is 38.3 Å². The zero-order valence-electron chi connectivity index (χ0n) is 16.5. The molecule has 146 valence electrons. The van der Waals surface area contributed by atoms with Crippen molar-refractivity contribution in [1.29, 1.82) is 0 Å². The Morgan fingerprint density at radius 1 is 1.23 bits per heavy atom. The van der Waals surface area contributed by atoms with Crippen LogP contribution in [0.5, 0.6) is 0 Å². The Morgan fingerprint density at radius 2 is 1.85 bits per heavy atom. The first-order valence-corrected chi connectivity index (χ1v) is 8.58. The second-order valence-electron chi connectivity index (χ2n) is 6.85. The molecule has 26 heavy (non-hydrogen) atoms. The number of aliphatic hydroxyl groups is 1. The summed E-state index contributed by atoms with van der Waals surface area (Å²) < 4.78 is 10.7. The van der Waals surface area contributed by atoms with E-state index >= 15 is 0 Å². The van der Waals surface area contributed by atoms with Gasteiger partial charge in [0.2, 0.25) is 0 Å². The Balaban J connectivity index is 5.09. The second kappa shape index (κ2) is 11.4. The van der Waals surface area contributed by atoms with E-state index in [-0.39, 0.29) is 16.5 Å². The van der Waals surface area contributed by atoms with Gasteiger partial charge in [0.1, 0.15) is 6.10 Å². The molecule has 0 rings (SSSR count). The van der Waals surface area contributed by atoms with E-state index in [1.807, 2.05) is 28.1 Å². The molecule has 0 radical (unpaired) electrons. The largest absolute Gasteiger partial charge is 0.462 e. The van der Waals surface area contributed by atoms with E-state index in [4.69, 9.17) is 9.47 Å². The van der Waals surface area contributed by atoms with E-state index < -0.39 is 24.3 Å². The first-order chi connectivity index (χ1) is 12.0. The van der Waals surface area contributed by atoms with Crippen molar-refractivity contribution in [2.75, 3.05) is 27.7 Å². The molecule has 6 nitrogen and oxygen atoms in total. The monoisotopic (exact) mass is 366 g/mol. The molecule has 0 aromatic heterocycles. The summed E-state index contributed by atoms with van der Waals surface area (Å²) in [6.07, 6.45) is 5.56. The third kappa shape index (κ3) is 8.78. The maximum atomic E-state index is 12.3. The van der Waals surface area contributed by atoms with Crippen LogP contribution in [-0.4, -0.2) is 61.6 Å². The molecule has 2 unspecified atom stereocenters. The maximum Gasteiger partial charge on any atom is 0.338 e. The highest BCUT2D eigenvalue weighted by molar-refractivity contribution is 5.92. The standard InChI is InChI=1S/C20H32NO5/c1-8-10-11-17(20(24)25-14-9-2)13-12-15(3)19(23)26-18(16(4)22)21(5,6)7/h8,10-11,13,16,18,22H,1,3,9,12,14H2,2,4-7H3/q+1. The van der Waals surface area contributed by atoms with Gasteiger partial charge >= 0.3 is 11.9 Å². The van der Waals surface area contributed by atoms with Gasteiger partial charge in [0.25, 0.3) is 6.23 Å². The van der Waals surface area contributed by atoms with Crippen LogP contribution >= 0.6 is 0 Å². The number of hydrogen-bond acceptors (Lipinski definition) is 5. The Morgan fingerprint density at radius 3 is 2.31 bits per heavy atom. The number of hydrogen-bond donors (Lipinski definition) is 1. The smallest absolute Gasteiger partial charge is 0.338 e. The lowest BCUT2D eigenvalue weighted by Crippen LogP contribution is -2.53. The van der Waals surface area contributed by atoms with Crippen LogP contribution in [-0.2, 0) is 19.1 Å². The summed E-state index contributed by atoms with van der Waals surface area (Å²) in [5, 5.41) is 9.83. The molecule has 0 aliphatic heterocycles. The fourth-order valence-electron chi connectivity index (χ4n) is 2.08. The van der Waals surface area contributed by atoms with Crippen molar-refractivity contribution >= 4 is 11.9 Å². The lowest BCUT2D eigenvalue weighted by atomic mass is 10.1. The molecule has 0 heterocycles. The third-order valence-corrected chi connectivity index (χ3v) is 3.35.